The second kappa shape index (κ2) is 5.78. The van der Waals surface area contributed by atoms with Gasteiger partial charge in [0.15, 0.2) is 0 Å². The number of rotatable bonds is 1. The zero-order chi connectivity index (χ0) is 13.2. The average Bonchev–Trinajstić information content (AvgIpc) is 2.55. The topological polar surface area (TPSA) is 29.0 Å². The first-order valence-corrected chi connectivity index (χ1v) is 8.29. The molecule has 0 radical (unpaired) electrons. The van der Waals surface area contributed by atoms with E-state index in [-0.39, 0.29) is 5.41 Å². The number of halogens is 1. The van der Waals surface area contributed by atoms with Crippen LogP contribution in [0.15, 0.2) is 10.7 Å². The molecule has 1 fully saturated rings. The standard InChI is InChI=1S/C13H20BrN3S/c1-13(2,3)12-15-10(14)9-11(16-12)17-5-4-7-18-8-6-17/h9H,4-8H2,1-3H3. The number of thioether (sulfide) groups is 1. The van der Waals surface area contributed by atoms with Gasteiger partial charge in [-0.05, 0) is 28.1 Å². The van der Waals surface area contributed by atoms with E-state index in [2.05, 4.69) is 46.6 Å². The molecule has 3 nitrogen and oxygen atoms in total. The fourth-order valence-corrected chi connectivity index (χ4v) is 3.14. The van der Waals surface area contributed by atoms with Gasteiger partial charge in [0.25, 0.3) is 0 Å². The minimum absolute atomic E-state index is 0.0148. The molecule has 0 spiro atoms. The third-order valence-corrected chi connectivity index (χ3v) is 4.35. The van der Waals surface area contributed by atoms with Crippen LogP contribution in [0.1, 0.15) is 33.0 Å². The summed E-state index contributed by atoms with van der Waals surface area (Å²) in [5.41, 5.74) is -0.0148. The molecule has 1 saturated heterocycles. The van der Waals surface area contributed by atoms with Crippen LogP contribution < -0.4 is 4.90 Å². The van der Waals surface area contributed by atoms with Gasteiger partial charge >= 0.3 is 0 Å². The molecule has 0 unspecified atom stereocenters. The first kappa shape index (κ1) is 14.1. The second-order valence-electron chi connectivity index (χ2n) is 5.58. The summed E-state index contributed by atoms with van der Waals surface area (Å²) in [7, 11) is 0. The fourth-order valence-electron chi connectivity index (χ4n) is 1.88. The molecule has 1 aliphatic rings. The van der Waals surface area contributed by atoms with Gasteiger partial charge in [-0.25, -0.2) is 9.97 Å². The molecule has 100 valence electrons. The summed E-state index contributed by atoms with van der Waals surface area (Å²) >= 11 is 5.54. The molecule has 0 aromatic carbocycles. The van der Waals surface area contributed by atoms with Gasteiger partial charge in [-0.2, -0.15) is 11.8 Å². The molecule has 0 N–H and O–H groups in total. The van der Waals surface area contributed by atoms with E-state index < -0.39 is 0 Å². The third-order valence-electron chi connectivity index (χ3n) is 2.90. The Labute approximate surface area is 122 Å². The summed E-state index contributed by atoms with van der Waals surface area (Å²) in [5.74, 6) is 4.41. The number of hydrogen-bond donors (Lipinski definition) is 0. The summed E-state index contributed by atoms with van der Waals surface area (Å²) in [6.07, 6.45) is 1.23. The van der Waals surface area contributed by atoms with Crippen LogP contribution >= 0.6 is 27.7 Å². The van der Waals surface area contributed by atoms with Crippen molar-refractivity contribution >= 4 is 33.5 Å². The van der Waals surface area contributed by atoms with Gasteiger partial charge < -0.3 is 4.90 Å². The van der Waals surface area contributed by atoms with Gasteiger partial charge in [0.1, 0.15) is 16.2 Å². The van der Waals surface area contributed by atoms with Crippen molar-refractivity contribution in [2.24, 2.45) is 0 Å². The highest BCUT2D eigenvalue weighted by Gasteiger charge is 2.20. The molecule has 0 amide bonds. The number of hydrogen-bond acceptors (Lipinski definition) is 4. The molecule has 2 heterocycles. The van der Waals surface area contributed by atoms with Crippen molar-refractivity contribution in [3.8, 4) is 0 Å². The maximum Gasteiger partial charge on any atom is 0.137 e. The van der Waals surface area contributed by atoms with Crippen molar-refractivity contribution in [2.75, 3.05) is 29.5 Å². The van der Waals surface area contributed by atoms with E-state index in [1.54, 1.807) is 0 Å². The third kappa shape index (κ3) is 3.60. The molecule has 5 heteroatoms. The zero-order valence-corrected chi connectivity index (χ0v) is 13.6. The van der Waals surface area contributed by atoms with Gasteiger partial charge in [0.2, 0.25) is 0 Å². The maximum absolute atomic E-state index is 4.75. The molecular formula is C13H20BrN3S. The SMILES string of the molecule is CC(C)(C)c1nc(Br)cc(N2CCCSCC2)n1. The van der Waals surface area contributed by atoms with Crippen LogP contribution in [-0.2, 0) is 5.41 Å². The van der Waals surface area contributed by atoms with Crippen LogP contribution in [-0.4, -0.2) is 34.6 Å². The maximum atomic E-state index is 4.75. The predicted octanol–water partition coefficient (Wildman–Crippen LogP) is 3.48. The number of nitrogens with zero attached hydrogens (tertiary/aromatic N) is 3. The molecule has 1 aliphatic heterocycles. The highest BCUT2D eigenvalue weighted by Crippen LogP contribution is 2.25. The lowest BCUT2D eigenvalue weighted by atomic mass is 9.96. The number of aromatic nitrogens is 2. The average molecular weight is 330 g/mol. The Kier molecular flexibility index (Phi) is 4.54. The Morgan fingerprint density at radius 1 is 1.22 bits per heavy atom. The van der Waals surface area contributed by atoms with Gasteiger partial charge in [-0.3, -0.25) is 0 Å². The van der Waals surface area contributed by atoms with Crippen LogP contribution in [0.2, 0.25) is 0 Å². The lowest BCUT2D eigenvalue weighted by Crippen LogP contribution is -2.28. The van der Waals surface area contributed by atoms with Crippen molar-refractivity contribution in [3.05, 3.63) is 16.5 Å². The van der Waals surface area contributed by atoms with E-state index in [4.69, 9.17) is 4.98 Å². The predicted molar refractivity (Wildman–Crippen MR) is 82.6 cm³/mol. The molecular weight excluding hydrogens is 310 g/mol. The van der Waals surface area contributed by atoms with Crippen molar-refractivity contribution in [3.63, 3.8) is 0 Å². The molecule has 0 aliphatic carbocycles. The smallest absolute Gasteiger partial charge is 0.137 e. The van der Waals surface area contributed by atoms with Crippen LogP contribution in [0.3, 0.4) is 0 Å². The Morgan fingerprint density at radius 3 is 2.72 bits per heavy atom. The Balaban J connectivity index is 2.29. The van der Waals surface area contributed by atoms with Crippen LogP contribution in [0.25, 0.3) is 0 Å². The Morgan fingerprint density at radius 2 is 2.00 bits per heavy atom. The van der Waals surface area contributed by atoms with Gasteiger partial charge in [0.05, 0.1) is 0 Å². The summed E-state index contributed by atoms with van der Waals surface area (Å²) in [6.45, 7) is 8.63. The molecule has 0 atom stereocenters. The Bertz CT molecular complexity index is 409. The molecule has 1 aromatic rings. The minimum atomic E-state index is -0.0148. The van der Waals surface area contributed by atoms with Crippen LogP contribution in [0, 0.1) is 0 Å². The summed E-state index contributed by atoms with van der Waals surface area (Å²) in [4.78, 5) is 11.6. The number of anilines is 1. The van der Waals surface area contributed by atoms with E-state index in [1.807, 2.05) is 17.8 Å². The molecule has 18 heavy (non-hydrogen) atoms. The van der Waals surface area contributed by atoms with Crippen molar-refractivity contribution in [1.82, 2.24) is 9.97 Å². The highest BCUT2D eigenvalue weighted by atomic mass is 79.9. The van der Waals surface area contributed by atoms with Gasteiger partial charge in [0, 0.05) is 30.3 Å². The molecule has 0 saturated carbocycles. The van der Waals surface area contributed by atoms with E-state index in [9.17, 15) is 0 Å². The quantitative estimate of drug-likeness (QED) is 0.737. The van der Waals surface area contributed by atoms with Crippen molar-refractivity contribution in [1.29, 1.82) is 0 Å². The van der Waals surface area contributed by atoms with E-state index in [0.29, 0.717) is 0 Å². The van der Waals surface area contributed by atoms with Gasteiger partial charge in [-0.15, -0.1) is 0 Å². The first-order valence-electron chi connectivity index (χ1n) is 6.34. The van der Waals surface area contributed by atoms with E-state index >= 15 is 0 Å². The summed E-state index contributed by atoms with van der Waals surface area (Å²) in [6, 6.07) is 2.03. The molecule has 0 bridgehead atoms. The highest BCUT2D eigenvalue weighted by molar-refractivity contribution is 9.10. The van der Waals surface area contributed by atoms with Gasteiger partial charge in [-0.1, -0.05) is 20.8 Å². The van der Waals surface area contributed by atoms with Crippen molar-refractivity contribution in [2.45, 2.75) is 32.6 Å². The lowest BCUT2D eigenvalue weighted by molar-refractivity contribution is 0.542. The summed E-state index contributed by atoms with van der Waals surface area (Å²) in [5, 5.41) is 0. The van der Waals surface area contributed by atoms with Crippen LogP contribution in [0.4, 0.5) is 5.82 Å². The normalized spacial score (nSPS) is 17.7. The fraction of sp³-hybridized carbons (Fsp3) is 0.692. The van der Waals surface area contributed by atoms with E-state index in [0.717, 1.165) is 29.3 Å². The monoisotopic (exact) mass is 329 g/mol. The molecule has 2 rings (SSSR count). The largest absolute Gasteiger partial charge is 0.356 e. The Hall–Kier alpha value is -0.290. The minimum Gasteiger partial charge on any atom is -0.356 e. The molecule has 1 aromatic heterocycles. The second-order valence-corrected chi connectivity index (χ2v) is 7.61. The summed E-state index contributed by atoms with van der Waals surface area (Å²) < 4.78 is 0.884. The van der Waals surface area contributed by atoms with E-state index in [1.165, 1.54) is 17.9 Å². The van der Waals surface area contributed by atoms with Crippen LogP contribution in [0.5, 0.6) is 0 Å². The first-order chi connectivity index (χ1) is 8.47. The zero-order valence-electron chi connectivity index (χ0n) is 11.2. The van der Waals surface area contributed by atoms with Crippen molar-refractivity contribution < 1.29 is 0 Å². The lowest BCUT2D eigenvalue weighted by Gasteiger charge is -2.24.